The third-order valence-electron chi connectivity index (χ3n) is 2.23. The molecule has 2 rings (SSSR count). The molecule has 0 aromatic carbocycles. The number of aryl methyl sites for hydroxylation is 1. The molecular formula is C10H13NO. The van der Waals surface area contributed by atoms with E-state index in [-0.39, 0.29) is 0 Å². The van der Waals surface area contributed by atoms with E-state index in [2.05, 4.69) is 24.0 Å². The van der Waals surface area contributed by atoms with Gasteiger partial charge in [0.25, 0.3) is 0 Å². The predicted octanol–water partition coefficient (Wildman–Crippen LogP) is 1.72. The van der Waals surface area contributed by atoms with Gasteiger partial charge in [-0.05, 0) is 18.1 Å². The Morgan fingerprint density at radius 1 is 1.50 bits per heavy atom. The first-order chi connectivity index (χ1) is 5.90. The van der Waals surface area contributed by atoms with Crippen molar-refractivity contribution >= 4 is 0 Å². The summed E-state index contributed by atoms with van der Waals surface area (Å²) in [6.07, 6.45) is 2.00. The minimum Gasteiger partial charge on any atom is -0.376 e. The number of hydrogen-bond acceptors (Lipinski definition) is 2. The van der Waals surface area contributed by atoms with Crippen molar-refractivity contribution in [2.75, 3.05) is 6.61 Å². The van der Waals surface area contributed by atoms with Gasteiger partial charge in [0, 0.05) is 17.8 Å². The zero-order valence-corrected chi connectivity index (χ0v) is 7.34. The van der Waals surface area contributed by atoms with Crippen molar-refractivity contribution in [1.29, 1.82) is 0 Å². The fraction of sp³-hybridized carbons (Fsp3) is 0.500. The second-order valence-corrected chi connectivity index (χ2v) is 3.06. The average Bonchev–Trinajstić information content (AvgIpc) is 2.17. The molecule has 0 spiro atoms. The lowest BCUT2D eigenvalue weighted by Crippen LogP contribution is -2.12. The van der Waals surface area contributed by atoms with Crippen molar-refractivity contribution in [1.82, 2.24) is 4.98 Å². The second kappa shape index (κ2) is 3.23. The van der Waals surface area contributed by atoms with Crippen molar-refractivity contribution in [3.63, 3.8) is 0 Å². The van der Waals surface area contributed by atoms with E-state index in [1.165, 1.54) is 17.0 Å². The van der Waals surface area contributed by atoms with Crippen LogP contribution in [0.4, 0.5) is 0 Å². The summed E-state index contributed by atoms with van der Waals surface area (Å²) in [5.74, 6) is 0. The molecule has 1 aliphatic heterocycles. The standard InChI is InChI=1S/C10H13NO/c1-2-9-4-3-8-7-12-6-5-10(8)11-9/h3-4H,2,5-7H2,1H3. The van der Waals surface area contributed by atoms with Crippen molar-refractivity contribution < 1.29 is 4.74 Å². The summed E-state index contributed by atoms with van der Waals surface area (Å²) >= 11 is 0. The molecule has 0 N–H and O–H groups in total. The molecule has 0 amide bonds. The first kappa shape index (κ1) is 7.74. The molecule has 0 fully saturated rings. The van der Waals surface area contributed by atoms with Crippen LogP contribution >= 0.6 is 0 Å². The highest BCUT2D eigenvalue weighted by Crippen LogP contribution is 2.14. The van der Waals surface area contributed by atoms with Gasteiger partial charge in [0.1, 0.15) is 0 Å². The van der Waals surface area contributed by atoms with Gasteiger partial charge in [-0.1, -0.05) is 13.0 Å². The first-order valence-electron chi connectivity index (χ1n) is 4.45. The highest BCUT2D eigenvalue weighted by atomic mass is 16.5. The zero-order valence-electron chi connectivity index (χ0n) is 7.34. The van der Waals surface area contributed by atoms with Crippen LogP contribution < -0.4 is 0 Å². The Hall–Kier alpha value is -0.890. The van der Waals surface area contributed by atoms with Crippen LogP contribution in [-0.4, -0.2) is 11.6 Å². The Morgan fingerprint density at radius 3 is 3.25 bits per heavy atom. The molecule has 1 aromatic heterocycles. The maximum atomic E-state index is 5.33. The Labute approximate surface area is 72.6 Å². The summed E-state index contributed by atoms with van der Waals surface area (Å²) in [5.41, 5.74) is 3.69. The molecule has 0 radical (unpaired) electrons. The van der Waals surface area contributed by atoms with Gasteiger partial charge >= 0.3 is 0 Å². The van der Waals surface area contributed by atoms with E-state index in [9.17, 15) is 0 Å². The summed E-state index contributed by atoms with van der Waals surface area (Å²) in [6.45, 7) is 3.70. The molecule has 0 bridgehead atoms. The Kier molecular flexibility index (Phi) is 2.09. The normalized spacial score (nSPS) is 15.8. The van der Waals surface area contributed by atoms with E-state index in [4.69, 9.17) is 4.74 Å². The quantitative estimate of drug-likeness (QED) is 0.629. The summed E-state index contributed by atoms with van der Waals surface area (Å²) in [5, 5.41) is 0. The lowest BCUT2D eigenvalue weighted by atomic mass is 10.1. The van der Waals surface area contributed by atoms with Crippen LogP contribution in [-0.2, 0) is 24.2 Å². The molecule has 2 nitrogen and oxygen atoms in total. The van der Waals surface area contributed by atoms with Crippen molar-refractivity contribution in [3.05, 3.63) is 29.1 Å². The summed E-state index contributed by atoms with van der Waals surface area (Å²) in [6, 6.07) is 4.23. The molecule has 0 saturated heterocycles. The van der Waals surface area contributed by atoms with Gasteiger partial charge in [-0.2, -0.15) is 0 Å². The predicted molar refractivity (Wildman–Crippen MR) is 47.0 cm³/mol. The van der Waals surface area contributed by atoms with E-state index in [1.807, 2.05) is 0 Å². The Morgan fingerprint density at radius 2 is 2.42 bits per heavy atom. The summed E-state index contributed by atoms with van der Waals surface area (Å²) in [7, 11) is 0. The van der Waals surface area contributed by atoms with Gasteiger partial charge in [0.05, 0.1) is 13.2 Å². The largest absolute Gasteiger partial charge is 0.376 e. The number of nitrogens with zero attached hydrogens (tertiary/aromatic N) is 1. The number of aromatic nitrogens is 1. The smallest absolute Gasteiger partial charge is 0.0734 e. The molecule has 12 heavy (non-hydrogen) atoms. The minimum absolute atomic E-state index is 0.742. The lowest BCUT2D eigenvalue weighted by molar-refractivity contribution is 0.109. The highest BCUT2D eigenvalue weighted by molar-refractivity contribution is 5.24. The third-order valence-corrected chi connectivity index (χ3v) is 2.23. The number of pyridine rings is 1. The van der Waals surface area contributed by atoms with Gasteiger partial charge < -0.3 is 4.74 Å². The molecule has 0 aliphatic carbocycles. The molecule has 0 unspecified atom stereocenters. The van der Waals surface area contributed by atoms with Crippen LogP contribution in [0, 0.1) is 0 Å². The van der Waals surface area contributed by atoms with Crippen LogP contribution in [0.15, 0.2) is 12.1 Å². The fourth-order valence-corrected chi connectivity index (χ4v) is 1.47. The Balaban J connectivity index is 2.36. The SMILES string of the molecule is CCc1ccc2c(n1)CCOC2. The van der Waals surface area contributed by atoms with E-state index >= 15 is 0 Å². The molecule has 2 heterocycles. The number of fused-ring (bicyclic) bond motifs is 1. The Bertz CT molecular complexity index is 283. The monoisotopic (exact) mass is 163 g/mol. The van der Waals surface area contributed by atoms with Crippen molar-refractivity contribution in [2.24, 2.45) is 0 Å². The third kappa shape index (κ3) is 1.34. The second-order valence-electron chi connectivity index (χ2n) is 3.06. The van der Waals surface area contributed by atoms with Crippen LogP contribution in [0.25, 0.3) is 0 Å². The zero-order chi connectivity index (χ0) is 8.39. The molecule has 64 valence electrons. The van der Waals surface area contributed by atoms with Gasteiger partial charge in [-0.15, -0.1) is 0 Å². The van der Waals surface area contributed by atoms with E-state index in [0.717, 1.165) is 26.1 Å². The van der Waals surface area contributed by atoms with E-state index < -0.39 is 0 Å². The number of ether oxygens (including phenoxy) is 1. The van der Waals surface area contributed by atoms with Crippen LogP contribution in [0.5, 0.6) is 0 Å². The topological polar surface area (TPSA) is 22.1 Å². The minimum atomic E-state index is 0.742. The van der Waals surface area contributed by atoms with E-state index in [0.29, 0.717) is 0 Å². The van der Waals surface area contributed by atoms with Gasteiger partial charge in [0.2, 0.25) is 0 Å². The van der Waals surface area contributed by atoms with Crippen LogP contribution in [0.2, 0.25) is 0 Å². The maximum absolute atomic E-state index is 5.33. The van der Waals surface area contributed by atoms with Crippen molar-refractivity contribution in [3.8, 4) is 0 Å². The summed E-state index contributed by atoms with van der Waals surface area (Å²) < 4.78 is 5.33. The highest BCUT2D eigenvalue weighted by Gasteiger charge is 2.10. The van der Waals surface area contributed by atoms with Crippen LogP contribution in [0.1, 0.15) is 23.9 Å². The first-order valence-corrected chi connectivity index (χ1v) is 4.45. The molecular weight excluding hydrogens is 150 g/mol. The maximum Gasteiger partial charge on any atom is 0.0734 e. The fourth-order valence-electron chi connectivity index (χ4n) is 1.47. The van der Waals surface area contributed by atoms with Gasteiger partial charge in [-0.3, -0.25) is 4.98 Å². The van der Waals surface area contributed by atoms with Gasteiger partial charge in [-0.25, -0.2) is 0 Å². The van der Waals surface area contributed by atoms with Gasteiger partial charge in [0.15, 0.2) is 0 Å². The lowest BCUT2D eigenvalue weighted by Gasteiger charge is -2.15. The molecule has 2 heteroatoms. The van der Waals surface area contributed by atoms with E-state index in [1.54, 1.807) is 0 Å². The molecule has 0 atom stereocenters. The molecule has 1 aliphatic rings. The van der Waals surface area contributed by atoms with Crippen LogP contribution in [0.3, 0.4) is 0 Å². The van der Waals surface area contributed by atoms with Crippen molar-refractivity contribution in [2.45, 2.75) is 26.4 Å². The number of hydrogen-bond donors (Lipinski definition) is 0. The molecule has 0 saturated carbocycles. The average molecular weight is 163 g/mol. The molecule has 1 aromatic rings. The number of rotatable bonds is 1. The summed E-state index contributed by atoms with van der Waals surface area (Å²) in [4.78, 5) is 4.55.